The number of hydrogen-bond donors (Lipinski definition) is 0. The molecule has 160 valence electrons. The van der Waals surface area contributed by atoms with Crippen LogP contribution in [0.1, 0.15) is 39.5 Å². The van der Waals surface area contributed by atoms with Gasteiger partial charge in [0.2, 0.25) is 0 Å². The first kappa shape index (κ1) is 21.6. The highest BCUT2D eigenvalue weighted by atomic mass is 32.2. The molecule has 0 spiro atoms. The normalized spacial score (nSPS) is 16.6. The number of thioether (sulfide) groups is 1. The minimum absolute atomic E-state index is 0.266. The third kappa shape index (κ3) is 5.52. The Morgan fingerprint density at radius 1 is 1.17 bits per heavy atom. The molecule has 2 aromatic heterocycles. The van der Waals surface area contributed by atoms with E-state index in [0.717, 1.165) is 55.8 Å². The Hall–Kier alpha value is -1.67. The van der Waals surface area contributed by atoms with Crippen LogP contribution in [-0.4, -0.2) is 39.4 Å². The smallest absolute Gasteiger partial charge is 0.191 e. The molecule has 1 aliphatic heterocycles. The van der Waals surface area contributed by atoms with E-state index in [0.29, 0.717) is 0 Å². The zero-order valence-electron chi connectivity index (χ0n) is 18.0. The third-order valence-electron chi connectivity index (χ3n) is 5.45. The summed E-state index contributed by atoms with van der Waals surface area (Å²) < 4.78 is 8.21. The van der Waals surface area contributed by atoms with Crippen LogP contribution in [0.25, 0.3) is 0 Å². The number of aromatic nitrogens is 3. The molecule has 1 aromatic carbocycles. The van der Waals surface area contributed by atoms with Gasteiger partial charge in [0.25, 0.3) is 0 Å². The van der Waals surface area contributed by atoms with E-state index >= 15 is 0 Å². The number of nitrogens with zero attached hydrogens (tertiary/aromatic N) is 4. The quantitative estimate of drug-likeness (QED) is 0.433. The summed E-state index contributed by atoms with van der Waals surface area (Å²) in [4.78, 5) is 5.06. The zero-order chi connectivity index (χ0) is 20.9. The van der Waals surface area contributed by atoms with Gasteiger partial charge >= 0.3 is 0 Å². The van der Waals surface area contributed by atoms with Gasteiger partial charge < -0.3 is 9.30 Å². The molecule has 0 radical (unpaired) electrons. The Morgan fingerprint density at radius 2 is 2.03 bits per heavy atom. The molecule has 30 heavy (non-hydrogen) atoms. The van der Waals surface area contributed by atoms with Gasteiger partial charge in [-0.2, -0.15) is 0 Å². The van der Waals surface area contributed by atoms with Crippen LogP contribution in [0.4, 0.5) is 0 Å². The Kier molecular flexibility index (Phi) is 7.25. The maximum atomic E-state index is 5.92. The molecule has 4 rings (SSSR count). The summed E-state index contributed by atoms with van der Waals surface area (Å²) in [7, 11) is 2.15. The molecule has 5 nitrogen and oxygen atoms in total. The van der Waals surface area contributed by atoms with Gasteiger partial charge in [-0.25, -0.2) is 0 Å². The molecule has 1 aliphatic rings. The fourth-order valence-corrected chi connectivity index (χ4v) is 5.78. The summed E-state index contributed by atoms with van der Waals surface area (Å²) in [6.07, 6.45) is 2.53. The van der Waals surface area contributed by atoms with Crippen molar-refractivity contribution in [3.8, 4) is 0 Å². The van der Waals surface area contributed by atoms with E-state index in [9.17, 15) is 0 Å². The fraction of sp³-hybridized carbons (Fsp3) is 0.478. The van der Waals surface area contributed by atoms with Crippen LogP contribution in [0.15, 0.2) is 41.6 Å². The summed E-state index contributed by atoms with van der Waals surface area (Å²) in [5, 5.41) is 10.1. The highest BCUT2D eigenvalue weighted by molar-refractivity contribution is 7.98. The van der Waals surface area contributed by atoms with Crippen LogP contribution >= 0.6 is 23.1 Å². The van der Waals surface area contributed by atoms with E-state index in [-0.39, 0.29) is 6.10 Å². The highest BCUT2D eigenvalue weighted by Gasteiger charge is 2.22. The highest BCUT2D eigenvalue weighted by Crippen LogP contribution is 2.26. The first-order chi connectivity index (χ1) is 14.6. The number of ether oxygens (including phenoxy) is 1. The predicted octanol–water partition coefficient (Wildman–Crippen LogP) is 5.06. The standard InChI is InChI=1S/C23H30N4OS2/c1-17-7-4-5-8-19(17)16-29-23-25-24-22(27(23)13-20-9-6-12-28-20)15-26(3)14-21-11-10-18(2)30-21/h4-5,7-8,10-11,20H,6,9,12-16H2,1-3H3/t20-/m1/s1. The minimum atomic E-state index is 0.266. The number of rotatable bonds is 9. The summed E-state index contributed by atoms with van der Waals surface area (Å²) in [6, 6.07) is 13.0. The fourth-order valence-electron chi connectivity index (χ4n) is 3.77. The maximum absolute atomic E-state index is 5.92. The molecule has 1 saturated heterocycles. The topological polar surface area (TPSA) is 43.2 Å². The summed E-state index contributed by atoms with van der Waals surface area (Å²) in [5.74, 6) is 1.93. The number of aryl methyl sites for hydroxylation is 2. The lowest BCUT2D eigenvalue weighted by molar-refractivity contribution is 0.0934. The number of thiophene rings is 1. The summed E-state index contributed by atoms with van der Waals surface area (Å²) in [6.45, 7) is 7.73. The molecule has 0 bridgehead atoms. The molecule has 0 aliphatic carbocycles. The Balaban J connectivity index is 1.48. The molecule has 0 unspecified atom stereocenters. The molecular weight excluding hydrogens is 412 g/mol. The van der Waals surface area contributed by atoms with Gasteiger partial charge in [0.15, 0.2) is 5.16 Å². The lowest BCUT2D eigenvalue weighted by Gasteiger charge is -2.18. The van der Waals surface area contributed by atoms with E-state index in [1.807, 2.05) is 11.3 Å². The Morgan fingerprint density at radius 3 is 2.77 bits per heavy atom. The van der Waals surface area contributed by atoms with E-state index < -0.39 is 0 Å². The average molecular weight is 443 g/mol. The number of hydrogen-bond acceptors (Lipinski definition) is 6. The van der Waals surface area contributed by atoms with E-state index in [1.54, 1.807) is 11.8 Å². The van der Waals surface area contributed by atoms with Crippen molar-refractivity contribution >= 4 is 23.1 Å². The molecule has 0 amide bonds. The first-order valence-corrected chi connectivity index (χ1v) is 12.3. The van der Waals surface area contributed by atoms with Crippen molar-refractivity contribution in [2.45, 2.75) is 63.3 Å². The lowest BCUT2D eigenvalue weighted by Crippen LogP contribution is -2.23. The zero-order valence-corrected chi connectivity index (χ0v) is 19.6. The van der Waals surface area contributed by atoms with Gasteiger partial charge in [0.1, 0.15) is 5.82 Å². The molecule has 0 saturated carbocycles. The second-order valence-electron chi connectivity index (χ2n) is 8.04. The van der Waals surface area contributed by atoms with Crippen molar-refractivity contribution in [3.63, 3.8) is 0 Å². The van der Waals surface area contributed by atoms with Crippen molar-refractivity contribution in [1.82, 2.24) is 19.7 Å². The van der Waals surface area contributed by atoms with Gasteiger partial charge in [0.05, 0.1) is 19.2 Å². The van der Waals surface area contributed by atoms with Gasteiger partial charge in [-0.3, -0.25) is 4.90 Å². The molecule has 1 atom stereocenters. The SMILES string of the molecule is Cc1ccc(CN(C)Cc2nnc(SCc3ccccc3C)n2C[C@H]2CCCO2)s1. The van der Waals surface area contributed by atoms with Gasteiger partial charge in [-0.05, 0) is 57.0 Å². The molecule has 3 aromatic rings. The van der Waals surface area contributed by atoms with Crippen molar-refractivity contribution in [2.24, 2.45) is 0 Å². The van der Waals surface area contributed by atoms with E-state index in [4.69, 9.17) is 4.74 Å². The van der Waals surface area contributed by atoms with Gasteiger partial charge in [0, 0.05) is 28.7 Å². The van der Waals surface area contributed by atoms with Crippen LogP contribution in [0, 0.1) is 13.8 Å². The predicted molar refractivity (Wildman–Crippen MR) is 124 cm³/mol. The first-order valence-electron chi connectivity index (χ1n) is 10.5. The van der Waals surface area contributed by atoms with Crippen LogP contribution in [0.3, 0.4) is 0 Å². The van der Waals surface area contributed by atoms with Gasteiger partial charge in [-0.1, -0.05) is 36.0 Å². The van der Waals surface area contributed by atoms with Crippen LogP contribution in [0.5, 0.6) is 0 Å². The second-order valence-corrected chi connectivity index (χ2v) is 10.4. The van der Waals surface area contributed by atoms with Crippen LogP contribution in [-0.2, 0) is 30.1 Å². The molecular formula is C23H30N4OS2. The largest absolute Gasteiger partial charge is 0.376 e. The second kappa shape index (κ2) is 10.1. The summed E-state index contributed by atoms with van der Waals surface area (Å²) in [5.41, 5.74) is 2.67. The van der Waals surface area contributed by atoms with E-state index in [1.165, 1.54) is 20.9 Å². The van der Waals surface area contributed by atoms with Crippen molar-refractivity contribution in [3.05, 3.63) is 63.1 Å². The van der Waals surface area contributed by atoms with E-state index in [2.05, 4.69) is 77.0 Å². The Bertz CT molecular complexity index is 962. The number of benzene rings is 1. The van der Waals surface area contributed by atoms with Crippen molar-refractivity contribution in [1.29, 1.82) is 0 Å². The lowest BCUT2D eigenvalue weighted by atomic mass is 10.1. The van der Waals surface area contributed by atoms with Crippen molar-refractivity contribution < 1.29 is 4.74 Å². The molecule has 3 heterocycles. The average Bonchev–Trinajstić information content (AvgIpc) is 3.46. The Labute approximate surface area is 187 Å². The molecule has 0 N–H and O–H groups in total. The van der Waals surface area contributed by atoms with Crippen LogP contribution in [0.2, 0.25) is 0 Å². The van der Waals surface area contributed by atoms with Gasteiger partial charge in [-0.15, -0.1) is 21.5 Å². The monoisotopic (exact) mass is 442 g/mol. The van der Waals surface area contributed by atoms with Crippen LogP contribution < -0.4 is 0 Å². The molecule has 1 fully saturated rings. The minimum Gasteiger partial charge on any atom is -0.376 e. The maximum Gasteiger partial charge on any atom is 0.191 e. The van der Waals surface area contributed by atoms with Crippen molar-refractivity contribution in [2.75, 3.05) is 13.7 Å². The summed E-state index contributed by atoms with van der Waals surface area (Å²) >= 11 is 3.63. The third-order valence-corrected chi connectivity index (χ3v) is 7.46. The molecule has 7 heteroatoms.